The molecule has 86 valence electrons. The molecule has 0 spiro atoms. The summed E-state index contributed by atoms with van der Waals surface area (Å²) in [5, 5.41) is 3.14. The number of amides is 1. The van der Waals surface area contributed by atoms with Gasteiger partial charge in [0, 0.05) is 10.8 Å². The maximum absolute atomic E-state index is 11.3. The van der Waals surface area contributed by atoms with E-state index in [1.807, 2.05) is 37.3 Å². The number of allylic oxidation sites excluding steroid dienone is 1. The zero-order chi connectivity index (χ0) is 12.3. The van der Waals surface area contributed by atoms with Crippen LogP contribution in [-0.4, -0.2) is 5.91 Å². The molecule has 2 unspecified atom stereocenters. The van der Waals surface area contributed by atoms with Crippen LogP contribution in [0.1, 0.15) is 18.9 Å². The minimum Gasteiger partial charge on any atom is -0.292 e. The third kappa shape index (κ3) is 2.74. The second kappa shape index (κ2) is 4.85. The summed E-state index contributed by atoms with van der Waals surface area (Å²) in [7, 11) is 0. The molecule has 1 aliphatic rings. The Kier molecular flexibility index (Phi) is 3.26. The lowest BCUT2D eigenvalue weighted by atomic mass is 10.1. The average Bonchev–Trinajstić information content (AvgIpc) is 3.10. The summed E-state index contributed by atoms with van der Waals surface area (Å²) in [4.78, 5) is 13.9. The monoisotopic (exact) mass is 227 g/mol. The molecule has 2 rings (SSSR count). The fraction of sp³-hybridized carbons (Fsp3) is 0.308. The maximum atomic E-state index is 11.3. The second-order valence-corrected chi connectivity index (χ2v) is 4.28. The SMILES string of the molecule is CC(=Cc1ccccc1)C1CC1C(=O)N=[N+]=[N-]. The smallest absolute Gasteiger partial charge is 0.222 e. The number of benzene rings is 1. The highest BCUT2D eigenvalue weighted by Gasteiger charge is 2.43. The normalized spacial score (nSPS) is 22.8. The Balaban J connectivity index is 2.04. The lowest BCUT2D eigenvalue weighted by Crippen LogP contribution is -1.97. The van der Waals surface area contributed by atoms with Crippen molar-refractivity contribution < 1.29 is 4.79 Å². The van der Waals surface area contributed by atoms with E-state index in [0.29, 0.717) is 0 Å². The highest BCUT2D eigenvalue weighted by Crippen LogP contribution is 2.45. The summed E-state index contributed by atoms with van der Waals surface area (Å²) in [6.07, 6.45) is 2.88. The van der Waals surface area contributed by atoms with E-state index in [-0.39, 0.29) is 17.7 Å². The largest absolute Gasteiger partial charge is 0.292 e. The van der Waals surface area contributed by atoms with E-state index >= 15 is 0 Å². The second-order valence-electron chi connectivity index (χ2n) is 4.28. The molecule has 0 aliphatic heterocycles. The molecule has 4 heteroatoms. The maximum Gasteiger partial charge on any atom is 0.222 e. The van der Waals surface area contributed by atoms with Gasteiger partial charge in [0.25, 0.3) is 0 Å². The standard InChI is InChI=1S/C13H13N3O/c1-9(7-10-5-3-2-4-6-10)11-8-12(11)13(17)15-16-14/h2-7,11-12H,8H2,1H3. The van der Waals surface area contributed by atoms with Gasteiger partial charge in [-0.15, -0.1) is 0 Å². The number of hydrogen-bond acceptors (Lipinski definition) is 1. The molecule has 0 radical (unpaired) electrons. The molecule has 2 atom stereocenters. The topological polar surface area (TPSA) is 65.8 Å². The van der Waals surface area contributed by atoms with Gasteiger partial charge < -0.3 is 0 Å². The Labute approximate surface area is 99.6 Å². The van der Waals surface area contributed by atoms with E-state index in [1.54, 1.807) is 0 Å². The van der Waals surface area contributed by atoms with Crippen molar-refractivity contribution in [3.05, 3.63) is 51.9 Å². The average molecular weight is 227 g/mol. The molecule has 0 saturated heterocycles. The first-order chi connectivity index (χ1) is 8.22. The summed E-state index contributed by atoms with van der Waals surface area (Å²) < 4.78 is 0. The van der Waals surface area contributed by atoms with Crippen molar-refractivity contribution in [3.8, 4) is 0 Å². The van der Waals surface area contributed by atoms with Gasteiger partial charge >= 0.3 is 0 Å². The highest BCUT2D eigenvalue weighted by atomic mass is 16.2. The summed E-state index contributed by atoms with van der Waals surface area (Å²) in [5.41, 5.74) is 10.5. The molecule has 1 aliphatic carbocycles. The molecule has 0 bridgehead atoms. The quantitative estimate of drug-likeness (QED) is 0.442. The highest BCUT2D eigenvalue weighted by molar-refractivity contribution is 5.83. The van der Waals surface area contributed by atoms with E-state index in [9.17, 15) is 4.79 Å². The number of rotatable bonds is 3. The number of nitrogens with zero attached hydrogens (tertiary/aromatic N) is 3. The van der Waals surface area contributed by atoms with E-state index in [0.717, 1.165) is 12.0 Å². The summed E-state index contributed by atoms with van der Waals surface area (Å²) in [6, 6.07) is 9.98. The lowest BCUT2D eigenvalue weighted by Gasteiger charge is -1.99. The molecule has 0 aromatic heterocycles. The summed E-state index contributed by atoms with van der Waals surface area (Å²) in [5.74, 6) is -0.197. The van der Waals surface area contributed by atoms with Gasteiger partial charge in [-0.3, -0.25) is 4.79 Å². The van der Waals surface area contributed by atoms with Crippen molar-refractivity contribution in [2.45, 2.75) is 13.3 Å². The van der Waals surface area contributed by atoms with E-state index in [1.165, 1.54) is 5.57 Å². The van der Waals surface area contributed by atoms with E-state index in [4.69, 9.17) is 5.53 Å². The Bertz CT molecular complexity index is 501. The van der Waals surface area contributed by atoms with Crippen LogP contribution in [0.4, 0.5) is 0 Å². The molecule has 17 heavy (non-hydrogen) atoms. The van der Waals surface area contributed by atoms with E-state index in [2.05, 4.69) is 16.1 Å². The van der Waals surface area contributed by atoms with Crippen molar-refractivity contribution in [3.63, 3.8) is 0 Å². The molecule has 1 saturated carbocycles. The fourth-order valence-electron chi connectivity index (χ4n) is 2.01. The Morgan fingerprint density at radius 3 is 2.76 bits per heavy atom. The van der Waals surface area contributed by atoms with Gasteiger partial charge in [-0.05, 0) is 35.5 Å². The molecule has 1 aromatic rings. The van der Waals surface area contributed by atoms with Crippen LogP contribution in [-0.2, 0) is 4.79 Å². The van der Waals surface area contributed by atoms with Crippen LogP contribution in [0.3, 0.4) is 0 Å². The number of azide groups is 1. The first-order valence-electron chi connectivity index (χ1n) is 5.54. The van der Waals surface area contributed by atoms with Crippen molar-refractivity contribution in [2.75, 3.05) is 0 Å². The minimum atomic E-state index is -0.335. The Hall–Kier alpha value is -2.06. The van der Waals surface area contributed by atoms with Gasteiger partial charge in [-0.2, -0.15) is 0 Å². The van der Waals surface area contributed by atoms with Crippen molar-refractivity contribution in [1.29, 1.82) is 0 Å². The predicted molar refractivity (Wildman–Crippen MR) is 65.8 cm³/mol. The van der Waals surface area contributed by atoms with Crippen molar-refractivity contribution in [1.82, 2.24) is 0 Å². The third-order valence-corrected chi connectivity index (χ3v) is 3.03. The van der Waals surface area contributed by atoms with Gasteiger partial charge in [0.1, 0.15) is 0 Å². The molecular weight excluding hydrogens is 214 g/mol. The molecule has 1 fully saturated rings. The molecule has 1 amide bonds. The van der Waals surface area contributed by atoms with Gasteiger partial charge in [-0.1, -0.05) is 42.0 Å². The third-order valence-electron chi connectivity index (χ3n) is 3.03. The van der Waals surface area contributed by atoms with Crippen LogP contribution < -0.4 is 0 Å². The van der Waals surface area contributed by atoms with Crippen LogP contribution >= 0.6 is 0 Å². The summed E-state index contributed by atoms with van der Waals surface area (Å²) in [6.45, 7) is 2.01. The van der Waals surface area contributed by atoms with Crippen LogP contribution in [0.5, 0.6) is 0 Å². The van der Waals surface area contributed by atoms with Gasteiger partial charge in [-0.25, -0.2) is 0 Å². The zero-order valence-corrected chi connectivity index (χ0v) is 9.58. The molecule has 4 nitrogen and oxygen atoms in total. The molecule has 0 heterocycles. The van der Waals surface area contributed by atoms with Crippen LogP contribution in [0.2, 0.25) is 0 Å². The number of carbonyl (C=O) groups excluding carboxylic acids is 1. The van der Waals surface area contributed by atoms with E-state index < -0.39 is 0 Å². The fourth-order valence-corrected chi connectivity index (χ4v) is 2.01. The van der Waals surface area contributed by atoms with Gasteiger partial charge in [0.15, 0.2) is 0 Å². The number of hydrogen-bond donors (Lipinski definition) is 0. The predicted octanol–water partition coefficient (Wildman–Crippen LogP) is 3.56. The van der Waals surface area contributed by atoms with Gasteiger partial charge in [0.05, 0.1) is 0 Å². The first kappa shape index (κ1) is 11.4. The molecule has 0 N–H and O–H groups in total. The van der Waals surface area contributed by atoms with Crippen LogP contribution in [0.15, 0.2) is 41.0 Å². The van der Waals surface area contributed by atoms with Crippen molar-refractivity contribution in [2.24, 2.45) is 17.0 Å². The van der Waals surface area contributed by atoms with Gasteiger partial charge in [0.2, 0.25) is 5.91 Å². The first-order valence-corrected chi connectivity index (χ1v) is 5.54. The molecule has 1 aromatic carbocycles. The summed E-state index contributed by atoms with van der Waals surface area (Å²) >= 11 is 0. The minimum absolute atomic E-state index is 0.106. The van der Waals surface area contributed by atoms with Crippen LogP contribution in [0.25, 0.3) is 16.5 Å². The molecular formula is C13H13N3O. The lowest BCUT2D eigenvalue weighted by molar-refractivity contribution is -0.119. The Morgan fingerprint density at radius 1 is 1.41 bits per heavy atom. The Morgan fingerprint density at radius 2 is 2.12 bits per heavy atom. The van der Waals surface area contributed by atoms with Crippen molar-refractivity contribution >= 4 is 12.0 Å². The zero-order valence-electron chi connectivity index (χ0n) is 9.58. The number of carbonyl (C=O) groups is 1. The van der Waals surface area contributed by atoms with Crippen LogP contribution in [0, 0.1) is 11.8 Å².